The van der Waals surface area contributed by atoms with Crippen LogP contribution in [0, 0.1) is 5.92 Å². The number of aliphatic hydroxyl groups excluding tert-OH is 1. The van der Waals surface area contributed by atoms with Gasteiger partial charge < -0.3 is 29.2 Å². The Morgan fingerprint density at radius 3 is 2.70 bits per heavy atom. The number of methoxy groups -OCH3 is 1. The number of aromatic nitrogens is 3. The van der Waals surface area contributed by atoms with Crippen molar-refractivity contribution in [3.8, 4) is 5.75 Å². The van der Waals surface area contributed by atoms with Gasteiger partial charge in [0.15, 0.2) is 13.9 Å². The highest BCUT2D eigenvalue weighted by Gasteiger charge is 2.66. The molecule has 2 amide bonds. The fourth-order valence-corrected chi connectivity index (χ4v) is 10.1. The van der Waals surface area contributed by atoms with E-state index >= 15 is 0 Å². The van der Waals surface area contributed by atoms with Crippen LogP contribution >= 0.6 is 0 Å². The zero-order valence-electron chi connectivity index (χ0n) is 25.8. The molecule has 234 valence electrons. The third-order valence-corrected chi connectivity index (χ3v) is 11.9. The predicted octanol–water partition coefficient (Wildman–Crippen LogP) is 3.38. The van der Waals surface area contributed by atoms with E-state index in [-0.39, 0.29) is 29.9 Å². The van der Waals surface area contributed by atoms with Crippen LogP contribution in [0.2, 0.25) is 18.6 Å². The number of aryl methyl sites for hydroxylation is 1. The number of fused-ring (bicyclic) bond motifs is 2. The average molecular weight is 620 g/mol. The van der Waals surface area contributed by atoms with Crippen molar-refractivity contribution in [2.24, 2.45) is 5.92 Å². The number of carbonyl (C=O) groups excluding carboxylic acids is 2. The molecule has 2 aromatic carbocycles. The molecule has 2 N–H and O–H groups in total. The average Bonchev–Trinajstić information content (AvgIpc) is 3.75. The molecule has 0 aliphatic carbocycles. The largest absolute Gasteiger partial charge is 0.497 e. The summed E-state index contributed by atoms with van der Waals surface area (Å²) >= 11 is 0. The minimum absolute atomic E-state index is 0.000995. The van der Waals surface area contributed by atoms with Gasteiger partial charge in [0.25, 0.3) is 5.91 Å². The standard InChI is InChI=1S/C32H41N5O6Si/c1-21-30(44(3,4)41)28(12-15-35-20-23(13-16-38)33-34-35)43-32(21)26-18-25(42-2)10-11-27(26)37(31(32)40)19-22-7-5-8-24(17-22)36-14-6-9-29(36)39/h5,7-8,10-11,17-18,20-21,28,30,38,41H,6,9,12-16,19H2,1-4H3/t21-,28+,30-,32+/m1/s1. The second-order valence-electron chi connectivity index (χ2n) is 12.7. The Morgan fingerprint density at radius 2 is 2.00 bits per heavy atom. The smallest absolute Gasteiger partial charge is 0.264 e. The lowest BCUT2D eigenvalue weighted by molar-refractivity contribution is -0.146. The van der Waals surface area contributed by atoms with Crippen LogP contribution in [0.5, 0.6) is 5.75 Å². The lowest BCUT2D eigenvalue weighted by atomic mass is 9.82. The fraction of sp³-hybridized carbons (Fsp3) is 0.500. The van der Waals surface area contributed by atoms with Crippen LogP contribution in [-0.4, -0.2) is 71.4 Å². The first-order chi connectivity index (χ1) is 21.1. The van der Waals surface area contributed by atoms with Gasteiger partial charge in [-0.15, -0.1) is 5.10 Å². The lowest BCUT2D eigenvalue weighted by Crippen LogP contribution is -2.46. The van der Waals surface area contributed by atoms with E-state index in [1.165, 1.54) is 0 Å². The Bertz CT molecular complexity index is 1560. The molecule has 0 radical (unpaired) electrons. The number of anilines is 2. The maximum Gasteiger partial charge on any atom is 0.264 e. The van der Waals surface area contributed by atoms with Crippen LogP contribution in [0.1, 0.15) is 43.0 Å². The van der Waals surface area contributed by atoms with E-state index in [2.05, 4.69) is 10.3 Å². The summed E-state index contributed by atoms with van der Waals surface area (Å²) in [5, 5.41) is 17.6. The van der Waals surface area contributed by atoms with E-state index < -0.39 is 20.0 Å². The van der Waals surface area contributed by atoms with E-state index in [4.69, 9.17) is 9.47 Å². The highest BCUT2D eigenvalue weighted by atomic mass is 28.4. The highest BCUT2D eigenvalue weighted by Crippen LogP contribution is 2.60. The number of benzene rings is 2. The van der Waals surface area contributed by atoms with Crippen molar-refractivity contribution < 1.29 is 29.0 Å². The van der Waals surface area contributed by atoms with Crippen molar-refractivity contribution in [1.29, 1.82) is 0 Å². The molecule has 0 bridgehead atoms. The molecule has 4 heterocycles. The molecule has 6 rings (SSSR count). The highest BCUT2D eigenvalue weighted by molar-refractivity contribution is 6.71. The molecular weight excluding hydrogens is 578 g/mol. The molecule has 2 fully saturated rings. The Morgan fingerprint density at radius 1 is 1.18 bits per heavy atom. The summed E-state index contributed by atoms with van der Waals surface area (Å²) in [6.45, 7) is 7.35. The molecule has 44 heavy (non-hydrogen) atoms. The molecular formula is C32H41N5O6Si. The Hall–Kier alpha value is -3.58. The van der Waals surface area contributed by atoms with Gasteiger partial charge in [0, 0.05) is 61.4 Å². The van der Waals surface area contributed by atoms with Gasteiger partial charge >= 0.3 is 0 Å². The summed E-state index contributed by atoms with van der Waals surface area (Å²) in [6.07, 6.45) is 3.78. The van der Waals surface area contributed by atoms with Crippen molar-refractivity contribution in [3.63, 3.8) is 0 Å². The maximum atomic E-state index is 14.7. The summed E-state index contributed by atoms with van der Waals surface area (Å²) in [5.41, 5.74) is 2.45. The summed E-state index contributed by atoms with van der Waals surface area (Å²) in [4.78, 5) is 42.3. The summed E-state index contributed by atoms with van der Waals surface area (Å²) in [7, 11) is -1.23. The van der Waals surface area contributed by atoms with Gasteiger partial charge in [-0.2, -0.15) is 0 Å². The number of ether oxygens (including phenoxy) is 2. The molecule has 0 saturated carbocycles. The summed E-state index contributed by atoms with van der Waals surface area (Å²) in [6, 6.07) is 13.5. The summed E-state index contributed by atoms with van der Waals surface area (Å²) in [5.74, 6) is 0.277. The first kappa shape index (κ1) is 30.4. The van der Waals surface area contributed by atoms with Crippen LogP contribution in [0.4, 0.5) is 11.4 Å². The van der Waals surface area contributed by atoms with E-state index in [0.717, 1.165) is 28.9 Å². The van der Waals surface area contributed by atoms with Crippen molar-refractivity contribution in [3.05, 3.63) is 65.5 Å². The molecule has 1 aromatic heterocycles. The SMILES string of the molecule is COc1ccc2c(c1)[C@]1(O[C@@H](CCn3cc(CCO)nn3)[C@H]([Si](C)(C)O)[C@H]1C)C(=O)N2Cc1cccc(N2CCCC2=O)c1. The van der Waals surface area contributed by atoms with Crippen LogP contribution < -0.4 is 14.5 Å². The van der Waals surface area contributed by atoms with Gasteiger partial charge in [0.1, 0.15) is 5.75 Å². The molecule has 3 aromatic rings. The van der Waals surface area contributed by atoms with Gasteiger partial charge in [0.05, 0.1) is 31.1 Å². The normalized spacial score (nSPS) is 25.0. The Kier molecular flexibility index (Phi) is 8.12. The molecule has 2 saturated heterocycles. The van der Waals surface area contributed by atoms with Gasteiger partial charge in [-0.05, 0) is 61.8 Å². The van der Waals surface area contributed by atoms with Crippen LogP contribution in [-0.2, 0) is 39.4 Å². The van der Waals surface area contributed by atoms with Gasteiger partial charge in [0.2, 0.25) is 5.91 Å². The third-order valence-electron chi connectivity index (χ3n) is 9.42. The van der Waals surface area contributed by atoms with E-state index in [0.29, 0.717) is 50.3 Å². The van der Waals surface area contributed by atoms with Gasteiger partial charge in [-0.25, -0.2) is 0 Å². The topological polar surface area (TPSA) is 130 Å². The van der Waals surface area contributed by atoms with Gasteiger partial charge in [-0.3, -0.25) is 14.3 Å². The number of nitrogens with zero attached hydrogens (tertiary/aromatic N) is 5. The first-order valence-corrected chi connectivity index (χ1v) is 18.4. The zero-order chi connectivity index (χ0) is 31.2. The number of carbonyl (C=O) groups is 2. The van der Waals surface area contributed by atoms with E-state index in [9.17, 15) is 19.5 Å². The van der Waals surface area contributed by atoms with E-state index in [1.807, 2.05) is 73.6 Å². The quantitative estimate of drug-likeness (QED) is 0.331. The number of aliphatic hydroxyl groups is 1. The number of amides is 2. The molecule has 12 heteroatoms. The molecule has 3 aliphatic rings. The first-order valence-electron chi connectivity index (χ1n) is 15.4. The van der Waals surface area contributed by atoms with E-state index in [1.54, 1.807) is 16.7 Å². The number of hydrogen-bond acceptors (Lipinski definition) is 8. The minimum atomic E-state index is -2.83. The number of hydrogen-bond donors (Lipinski definition) is 2. The second kappa shape index (κ2) is 11.7. The second-order valence-corrected chi connectivity index (χ2v) is 16.7. The lowest BCUT2D eigenvalue weighted by Gasteiger charge is -2.32. The monoisotopic (exact) mass is 619 g/mol. The Balaban J connectivity index is 1.34. The molecule has 1 spiro atoms. The summed E-state index contributed by atoms with van der Waals surface area (Å²) < 4.78 is 14.3. The molecule has 3 aliphatic heterocycles. The van der Waals surface area contributed by atoms with Crippen molar-refractivity contribution >= 4 is 31.5 Å². The van der Waals surface area contributed by atoms with Gasteiger partial charge in [-0.1, -0.05) is 24.3 Å². The predicted molar refractivity (Wildman–Crippen MR) is 167 cm³/mol. The fourth-order valence-electron chi connectivity index (χ4n) is 7.47. The molecule has 0 unspecified atom stereocenters. The third kappa shape index (κ3) is 5.23. The molecule has 4 atom stereocenters. The van der Waals surface area contributed by atoms with Crippen molar-refractivity contribution in [2.75, 3.05) is 30.1 Å². The maximum absolute atomic E-state index is 14.7. The van der Waals surface area contributed by atoms with Crippen molar-refractivity contribution in [1.82, 2.24) is 15.0 Å². The minimum Gasteiger partial charge on any atom is -0.497 e. The Labute approximate surface area is 258 Å². The van der Waals surface area contributed by atoms with Crippen molar-refractivity contribution in [2.45, 2.75) is 76.0 Å². The molecule has 11 nitrogen and oxygen atoms in total. The zero-order valence-corrected chi connectivity index (χ0v) is 26.8. The number of rotatable bonds is 10. The van der Waals surface area contributed by atoms with Crippen LogP contribution in [0.3, 0.4) is 0 Å². The van der Waals surface area contributed by atoms with Crippen LogP contribution in [0.25, 0.3) is 0 Å². The van der Waals surface area contributed by atoms with Crippen LogP contribution in [0.15, 0.2) is 48.7 Å².